The van der Waals surface area contributed by atoms with Crippen molar-refractivity contribution in [2.24, 2.45) is 0 Å². The molecule has 0 unspecified atom stereocenters. The lowest BCUT2D eigenvalue weighted by atomic mass is 9.98. The van der Waals surface area contributed by atoms with Crippen LogP contribution in [0.4, 0.5) is 9.18 Å². The Kier molecular flexibility index (Phi) is 8.56. The molecule has 2 N–H and O–H groups in total. The fraction of sp³-hybridized carbons (Fsp3) is 0.417. The Morgan fingerprint density at radius 1 is 1.16 bits per heavy atom. The number of aliphatic carboxylic acids is 1. The minimum atomic E-state index is -0.833. The second kappa shape index (κ2) is 10.9. The number of nitrogens with zero attached hydrogens (tertiary/aromatic N) is 2. The summed E-state index contributed by atoms with van der Waals surface area (Å²) >= 11 is 0. The summed E-state index contributed by atoms with van der Waals surface area (Å²) in [7, 11) is 1.85. The molecule has 2 aromatic carbocycles. The third-order valence-electron chi connectivity index (χ3n) is 5.31. The zero-order valence-corrected chi connectivity index (χ0v) is 18.9. The second-order valence-electron chi connectivity index (χ2n) is 8.00. The highest BCUT2D eigenvalue weighted by Crippen LogP contribution is 2.27. The van der Waals surface area contributed by atoms with Crippen LogP contribution in [-0.4, -0.2) is 53.6 Å². The Bertz CT molecular complexity index is 928. The molecule has 1 heterocycles. The number of hydrogen-bond donors (Lipinski definition) is 2. The monoisotopic (exact) mass is 429 g/mol. The third kappa shape index (κ3) is 6.79. The van der Waals surface area contributed by atoms with E-state index in [-0.39, 0.29) is 17.9 Å². The summed E-state index contributed by atoms with van der Waals surface area (Å²) in [5.74, 6) is -1.08. The molecule has 2 amide bonds. The van der Waals surface area contributed by atoms with E-state index in [1.54, 1.807) is 11.0 Å². The van der Waals surface area contributed by atoms with E-state index in [1.807, 2.05) is 18.9 Å². The average Bonchev–Trinajstić information content (AvgIpc) is 2.69. The molecule has 1 aliphatic heterocycles. The fourth-order valence-corrected chi connectivity index (χ4v) is 3.79. The highest BCUT2D eigenvalue weighted by atomic mass is 19.1. The van der Waals surface area contributed by atoms with Crippen LogP contribution in [0.1, 0.15) is 40.8 Å². The number of aryl methyl sites for hydroxylation is 3. The van der Waals surface area contributed by atoms with E-state index in [9.17, 15) is 9.18 Å². The number of amides is 2. The lowest BCUT2D eigenvalue weighted by molar-refractivity contribution is -0.134. The normalized spacial score (nSPS) is 15.7. The number of halogens is 1. The van der Waals surface area contributed by atoms with E-state index >= 15 is 0 Å². The molecule has 1 aliphatic rings. The van der Waals surface area contributed by atoms with Crippen LogP contribution in [0.5, 0.6) is 0 Å². The number of carboxylic acids is 1. The van der Waals surface area contributed by atoms with Gasteiger partial charge in [-0.05, 0) is 55.2 Å². The number of carbonyl (C=O) groups excluding carboxylic acids is 1. The number of piperazine rings is 1. The smallest absolute Gasteiger partial charge is 0.320 e. The van der Waals surface area contributed by atoms with Gasteiger partial charge in [0.1, 0.15) is 5.82 Å². The Balaban J connectivity index is 0.000000785. The summed E-state index contributed by atoms with van der Waals surface area (Å²) in [5.41, 5.74) is 5.44. The van der Waals surface area contributed by atoms with Gasteiger partial charge in [0.05, 0.1) is 6.04 Å². The number of benzene rings is 2. The van der Waals surface area contributed by atoms with Gasteiger partial charge in [-0.2, -0.15) is 0 Å². The molecule has 3 rings (SSSR count). The molecule has 0 spiro atoms. The summed E-state index contributed by atoms with van der Waals surface area (Å²) < 4.78 is 13.5. The van der Waals surface area contributed by atoms with Crippen LogP contribution in [0.3, 0.4) is 0 Å². The first-order valence-corrected chi connectivity index (χ1v) is 10.3. The first-order valence-electron chi connectivity index (χ1n) is 10.3. The van der Waals surface area contributed by atoms with Crippen molar-refractivity contribution in [1.82, 2.24) is 15.1 Å². The van der Waals surface area contributed by atoms with Crippen LogP contribution >= 0.6 is 0 Å². The number of rotatable bonds is 3. The molecular formula is C24H32FN3O3. The minimum Gasteiger partial charge on any atom is -0.481 e. The first-order chi connectivity index (χ1) is 14.6. The van der Waals surface area contributed by atoms with E-state index in [0.717, 1.165) is 30.2 Å². The van der Waals surface area contributed by atoms with Gasteiger partial charge >= 0.3 is 6.03 Å². The van der Waals surface area contributed by atoms with E-state index in [0.29, 0.717) is 19.6 Å². The molecule has 168 valence electrons. The zero-order valence-electron chi connectivity index (χ0n) is 18.9. The molecule has 6 nitrogen and oxygen atoms in total. The van der Waals surface area contributed by atoms with E-state index in [1.165, 1.54) is 23.3 Å². The van der Waals surface area contributed by atoms with Gasteiger partial charge in [0.15, 0.2) is 0 Å². The molecule has 0 radical (unpaired) electrons. The van der Waals surface area contributed by atoms with Crippen molar-refractivity contribution in [2.45, 2.75) is 40.3 Å². The number of urea groups is 1. The summed E-state index contributed by atoms with van der Waals surface area (Å²) in [6.07, 6.45) is 0. The lowest BCUT2D eigenvalue weighted by Gasteiger charge is -2.39. The number of carbonyl (C=O) groups is 2. The van der Waals surface area contributed by atoms with Gasteiger partial charge in [0, 0.05) is 40.2 Å². The van der Waals surface area contributed by atoms with Crippen molar-refractivity contribution in [1.29, 1.82) is 0 Å². The summed E-state index contributed by atoms with van der Waals surface area (Å²) in [6, 6.07) is 11.0. The third-order valence-corrected chi connectivity index (χ3v) is 5.31. The van der Waals surface area contributed by atoms with Gasteiger partial charge in [-0.25, -0.2) is 9.18 Å². The molecule has 0 saturated carbocycles. The Morgan fingerprint density at radius 2 is 1.84 bits per heavy atom. The van der Waals surface area contributed by atoms with Gasteiger partial charge < -0.3 is 20.2 Å². The lowest BCUT2D eigenvalue weighted by Crippen LogP contribution is -2.52. The summed E-state index contributed by atoms with van der Waals surface area (Å²) in [4.78, 5) is 25.9. The summed E-state index contributed by atoms with van der Waals surface area (Å²) in [5, 5.41) is 10.8. The maximum absolute atomic E-state index is 13.5. The Labute approximate surface area is 183 Å². The van der Waals surface area contributed by atoms with E-state index < -0.39 is 5.97 Å². The summed E-state index contributed by atoms with van der Waals surface area (Å²) in [6.45, 7) is 9.78. The van der Waals surface area contributed by atoms with Crippen LogP contribution in [-0.2, 0) is 11.3 Å². The van der Waals surface area contributed by atoms with Crippen molar-refractivity contribution in [3.63, 3.8) is 0 Å². The van der Waals surface area contributed by atoms with Gasteiger partial charge in [-0.1, -0.05) is 29.8 Å². The predicted molar refractivity (Wildman–Crippen MR) is 120 cm³/mol. The molecule has 7 heteroatoms. The minimum absolute atomic E-state index is 0.00481. The Morgan fingerprint density at radius 3 is 2.45 bits per heavy atom. The van der Waals surface area contributed by atoms with Crippen LogP contribution in [0.2, 0.25) is 0 Å². The van der Waals surface area contributed by atoms with E-state index in [2.05, 4.69) is 37.4 Å². The maximum atomic E-state index is 13.5. The topological polar surface area (TPSA) is 72.9 Å². The van der Waals surface area contributed by atoms with Gasteiger partial charge in [0.2, 0.25) is 0 Å². The predicted octanol–water partition coefficient (Wildman–Crippen LogP) is 4.04. The first kappa shape index (κ1) is 24.3. The number of carboxylic acid groups (broad SMARTS) is 1. The van der Waals surface area contributed by atoms with Crippen LogP contribution in [0.15, 0.2) is 36.4 Å². The van der Waals surface area contributed by atoms with Crippen molar-refractivity contribution < 1.29 is 19.1 Å². The molecule has 0 aliphatic carbocycles. The van der Waals surface area contributed by atoms with Crippen molar-refractivity contribution in [3.05, 3.63) is 70.0 Å². The Hall–Kier alpha value is -2.93. The van der Waals surface area contributed by atoms with Crippen LogP contribution < -0.4 is 5.32 Å². The molecule has 1 fully saturated rings. The molecule has 0 aromatic heterocycles. The SMILES string of the molecule is CC(=O)O.Cc1ccc(CN(C)C(=O)N2CCNC[C@@H]2c2ccc(F)cc2C)c(C)c1. The molecule has 31 heavy (non-hydrogen) atoms. The standard InChI is InChI=1S/C22H28FN3O.C2H4O2/c1-15-5-6-18(16(2)11-15)14-25(4)22(27)26-10-9-24-13-21(26)20-8-7-19(23)12-17(20)3;1-2(3)4/h5-8,11-12,21,24H,9-10,13-14H2,1-4H3;1H3,(H,3,4)/t21-;/m1./s1. The van der Waals surface area contributed by atoms with Crippen LogP contribution in [0, 0.1) is 26.6 Å². The molecule has 1 atom stereocenters. The highest BCUT2D eigenvalue weighted by molar-refractivity contribution is 5.75. The molecule has 0 bridgehead atoms. The van der Waals surface area contributed by atoms with Gasteiger partial charge in [-0.15, -0.1) is 0 Å². The quantitative estimate of drug-likeness (QED) is 0.772. The molecule has 2 aromatic rings. The fourth-order valence-electron chi connectivity index (χ4n) is 3.79. The molecular weight excluding hydrogens is 397 g/mol. The number of hydrogen-bond acceptors (Lipinski definition) is 3. The van der Waals surface area contributed by atoms with E-state index in [4.69, 9.17) is 9.90 Å². The maximum Gasteiger partial charge on any atom is 0.320 e. The van der Waals surface area contributed by atoms with Crippen molar-refractivity contribution >= 4 is 12.0 Å². The molecule has 1 saturated heterocycles. The van der Waals surface area contributed by atoms with Crippen LogP contribution in [0.25, 0.3) is 0 Å². The van der Waals surface area contributed by atoms with Crippen molar-refractivity contribution in [2.75, 3.05) is 26.7 Å². The van der Waals surface area contributed by atoms with Gasteiger partial charge in [-0.3, -0.25) is 4.79 Å². The second-order valence-corrected chi connectivity index (χ2v) is 8.00. The zero-order chi connectivity index (χ0) is 23.1. The number of nitrogens with one attached hydrogen (secondary N) is 1. The van der Waals surface area contributed by atoms with Gasteiger partial charge in [0.25, 0.3) is 5.97 Å². The average molecular weight is 430 g/mol. The highest BCUT2D eigenvalue weighted by Gasteiger charge is 2.30. The largest absolute Gasteiger partial charge is 0.481 e. The van der Waals surface area contributed by atoms with Crippen molar-refractivity contribution in [3.8, 4) is 0 Å².